The maximum atomic E-state index is 10.2. The molecule has 1 nitrogen and oxygen atoms in total. The molecule has 0 aromatic heterocycles. The Hall–Kier alpha value is -0.820. The summed E-state index contributed by atoms with van der Waals surface area (Å²) in [6.45, 7) is 14.7. The topological polar surface area (TPSA) is 20.2 Å². The van der Waals surface area contributed by atoms with Crippen molar-refractivity contribution >= 4 is 0 Å². The van der Waals surface area contributed by atoms with Crippen LogP contribution in [0.2, 0.25) is 0 Å². The first-order chi connectivity index (χ1) is 13.7. The molecular weight excluding hydrogens is 352 g/mol. The summed E-state index contributed by atoms with van der Waals surface area (Å²) in [4.78, 5) is 0. The highest BCUT2D eigenvalue weighted by molar-refractivity contribution is 5.46. The first-order valence-corrected chi connectivity index (χ1v) is 12.5. The van der Waals surface area contributed by atoms with Gasteiger partial charge >= 0.3 is 0 Å². The zero-order valence-electron chi connectivity index (χ0n) is 19.9. The van der Waals surface area contributed by atoms with E-state index in [2.05, 4.69) is 47.6 Å². The fourth-order valence-electron chi connectivity index (χ4n) is 7.35. The van der Waals surface area contributed by atoms with Gasteiger partial charge in [0.05, 0.1) is 6.10 Å². The van der Waals surface area contributed by atoms with E-state index >= 15 is 0 Å². The van der Waals surface area contributed by atoms with Gasteiger partial charge in [0.1, 0.15) is 0 Å². The molecular formula is C28H44O. The van der Waals surface area contributed by atoms with Gasteiger partial charge < -0.3 is 5.11 Å². The molecule has 0 radical (unpaired) electrons. The Morgan fingerprint density at radius 1 is 1.14 bits per heavy atom. The molecule has 0 bridgehead atoms. The summed E-state index contributed by atoms with van der Waals surface area (Å²) in [5.41, 5.74) is 9.33. The Kier molecular flexibility index (Phi) is 5.69. The third-order valence-corrected chi connectivity index (χ3v) is 9.85. The normalized spacial score (nSPS) is 39.7. The molecule has 1 N–H and O–H groups in total. The van der Waals surface area contributed by atoms with Crippen molar-refractivity contribution in [1.82, 2.24) is 0 Å². The van der Waals surface area contributed by atoms with Crippen LogP contribution in [0, 0.1) is 28.6 Å². The summed E-state index contributed by atoms with van der Waals surface area (Å²) in [5.74, 6) is 2.38. The molecule has 0 aliphatic heterocycles. The van der Waals surface area contributed by atoms with Crippen molar-refractivity contribution in [2.24, 2.45) is 28.6 Å². The number of allylic oxidation sites excluding steroid dienone is 5. The van der Waals surface area contributed by atoms with Crippen LogP contribution in [-0.4, -0.2) is 11.2 Å². The Balaban J connectivity index is 1.59. The lowest BCUT2D eigenvalue weighted by molar-refractivity contribution is 0.115. The summed E-state index contributed by atoms with van der Waals surface area (Å²) in [7, 11) is 0. The monoisotopic (exact) mass is 396 g/mol. The molecule has 0 heterocycles. The molecule has 5 atom stereocenters. The van der Waals surface area contributed by atoms with Crippen molar-refractivity contribution in [3.05, 3.63) is 33.9 Å². The van der Waals surface area contributed by atoms with Crippen LogP contribution < -0.4 is 0 Å². The maximum absolute atomic E-state index is 10.2. The Bertz CT molecular complexity index is 750. The quantitative estimate of drug-likeness (QED) is 0.481. The van der Waals surface area contributed by atoms with Crippen LogP contribution in [0.25, 0.3) is 0 Å². The highest BCUT2D eigenvalue weighted by atomic mass is 16.3. The molecule has 0 saturated heterocycles. The third kappa shape index (κ3) is 3.50. The lowest BCUT2D eigenvalue weighted by atomic mass is 9.54. The van der Waals surface area contributed by atoms with Crippen molar-refractivity contribution in [3.8, 4) is 0 Å². The molecule has 0 aromatic rings. The molecule has 29 heavy (non-hydrogen) atoms. The Morgan fingerprint density at radius 2 is 1.90 bits per heavy atom. The fraction of sp³-hybridized carbons (Fsp3) is 0.786. The number of hydrogen-bond donors (Lipinski definition) is 1. The van der Waals surface area contributed by atoms with E-state index in [1.54, 1.807) is 22.3 Å². The van der Waals surface area contributed by atoms with Gasteiger partial charge in [0.25, 0.3) is 0 Å². The second-order valence-electron chi connectivity index (χ2n) is 11.7. The largest absolute Gasteiger partial charge is 0.393 e. The van der Waals surface area contributed by atoms with Gasteiger partial charge in [-0.25, -0.2) is 0 Å². The van der Waals surface area contributed by atoms with Crippen LogP contribution in [0.4, 0.5) is 0 Å². The van der Waals surface area contributed by atoms with Crippen molar-refractivity contribution in [2.75, 3.05) is 0 Å². The molecule has 4 rings (SSSR count). The third-order valence-electron chi connectivity index (χ3n) is 9.85. The van der Waals surface area contributed by atoms with Crippen LogP contribution in [0.15, 0.2) is 33.9 Å². The molecule has 0 aromatic carbocycles. The number of hydrogen-bond acceptors (Lipinski definition) is 1. The smallest absolute Gasteiger partial charge is 0.0578 e. The van der Waals surface area contributed by atoms with E-state index in [1.165, 1.54) is 38.5 Å². The number of aliphatic hydroxyl groups is 1. The van der Waals surface area contributed by atoms with E-state index < -0.39 is 0 Å². The van der Waals surface area contributed by atoms with Gasteiger partial charge in [0.2, 0.25) is 0 Å². The van der Waals surface area contributed by atoms with Crippen LogP contribution >= 0.6 is 0 Å². The minimum Gasteiger partial charge on any atom is -0.393 e. The van der Waals surface area contributed by atoms with Gasteiger partial charge in [0, 0.05) is 5.41 Å². The van der Waals surface area contributed by atoms with Crippen molar-refractivity contribution in [1.29, 1.82) is 0 Å². The van der Waals surface area contributed by atoms with E-state index in [1.807, 2.05) is 5.57 Å². The van der Waals surface area contributed by atoms with Gasteiger partial charge in [-0.15, -0.1) is 0 Å². The Morgan fingerprint density at radius 3 is 2.62 bits per heavy atom. The minimum atomic E-state index is -0.109. The van der Waals surface area contributed by atoms with Gasteiger partial charge in [0.15, 0.2) is 0 Å². The average molecular weight is 397 g/mol. The highest BCUT2D eigenvalue weighted by Gasteiger charge is 2.51. The van der Waals surface area contributed by atoms with Gasteiger partial charge in [-0.05, 0) is 94.3 Å². The number of aliphatic hydroxyl groups excluding tert-OH is 1. The van der Waals surface area contributed by atoms with Crippen molar-refractivity contribution in [2.45, 2.75) is 112 Å². The molecule has 4 aliphatic carbocycles. The first-order valence-electron chi connectivity index (χ1n) is 12.5. The fourth-order valence-corrected chi connectivity index (χ4v) is 7.35. The van der Waals surface area contributed by atoms with E-state index in [-0.39, 0.29) is 11.5 Å². The standard InChI is InChI=1S/C28H44O/c1-18(2)19(3)7-8-20(4)24-11-12-25-23-10-9-21-17-22(29)13-15-27(21,5)26(23)14-16-28(24,25)6/h9,18-19,22,25,29H,7-8,10-17H2,1-6H3/b24-20+/t19-,22?,25-,27-,28+/m0/s1. The maximum Gasteiger partial charge on any atom is 0.0578 e. The molecule has 2 saturated carbocycles. The SMILES string of the molecule is C/C(CC[C@H](C)C(C)C)=C1/CC[C@H]2C3=C(CC[C@]12C)[C@@]1(C)CCC(O)CC1=CC3. The van der Waals surface area contributed by atoms with Crippen LogP contribution in [0.3, 0.4) is 0 Å². The molecule has 0 amide bonds. The molecule has 0 spiro atoms. The van der Waals surface area contributed by atoms with Crippen LogP contribution in [0.5, 0.6) is 0 Å². The van der Waals surface area contributed by atoms with Crippen molar-refractivity contribution in [3.63, 3.8) is 0 Å². The summed E-state index contributed by atoms with van der Waals surface area (Å²) in [6.07, 6.45) is 14.6. The van der Waals surface area contributed by atoms with E-state index in [4.69, 9.17) is 0 Å². The average Bonchev–Trinajstić information content (AvgIpc) is 3.03. The molecule has 1 heteroatoms. The van der Waals surface area contributed by atoms with E-state index in [0.717, 1.165) is 43.4 Å². The number of fused-ring (bicyclic) bond motifs is 4. The first kappa shape index (κ1) is 21.4. The summed E-state index contributed by atoms with van der Waals surface area (Å²) < 4.78 is 0. The summed E-state index contributed by atoms with van der Waals surface area (Å²) in [5, 5.41) is 10.2. The second-order valence-corrected chi connectivity index (χ2v) is 11.7. The number of rotatable bonds is 4. The minimum absolute atomic E-state index is 0.109. The van der Waals surface area contributed by atoms with Gasteiger partial charge in [-0.1, -0.05) is 68.6 Å². The molecule has 4 aliphatic rings. The zero-order chi connectivity index (χ0) is 21.0. The Labute approximate surface area is 179 Å². The van der Waals surface area contributed by atoms with Gasteiger partial charge in [-0.3, -0.25) is 0 Å². The predicted molar refractivity (Wildman–Crippen MR) is 124 cm³/mol. The summed E-state index contributed by atoms with van der Waals surface area (Å²) in [6, 6.07) is 0. The summed E-state index contributed by atoms with van der Waals surface area (Å²) >= 11 is 0. The lowest BCUT2D eigenvalue weighted by Crippen LogP contribution is -2.39. The lowest BCUT2D eigenvalue weighted by Gasteiger charge is -2.50. The van der Waals surface area contributed by atoms with Crippen molar-refractivity contribution < 1.29 is 5.11 Å². The van der Waals surface area contributed by atoms with Gasteiger partial charge in [-0.2, -0.15) is 0 Å². The second kappa shape index (κ2) is 7.70. The van der Waals surface area contributed by atoms with Crippen LogP contribution in [0.1, 0.15) is 106 Å². The van der Waals surface area contributed by atoms with Crippen LogP contribution in [-0.2, 0) is 0 Å². The van der Waals surface area contributed by atoms with E-state index in [0.29, 0.717) is 5.41 Å². The molecule has 162 valence electrons. The highest BCUT2D eigenvalue weighted by Crippen LogP contribution is 2.64. The zero-order valence-corrected chi connectivity index (χ0v) is 19.9. The van der Waals surface area contributed by atoms with E-state index in [9.17, 15) is 5.11 Å². The molecule has 2 fully saturated rings. The predicted octanol–water partition coefficient (Wildman–Crippen LogP) is 7.76. The molecule has 1 unspecified atom stereocenters.